The molecule has 2 rings (SSSR count). The molecule has 1 fully saturated rings. The van der Waals surface area contributed by atoms with Crippen molar-refractivity contribution in [1.29, 1.82) is 0 Å². The third-order valence-electron chi connectivity index (χ3n) is 2.86. The molecule has 0 saturated heterocycles. The highest BCUT2D eigenvalue weighted by atomic mass is 32.2. The summed E-state index contributed by atoms with van der Waals surface area (Å²) in [6.45, 7) is 4.36. The molecule has 0 aromatic rings. The van der Waals surface area contributed by atoms with Crippen molar-refractivity contribution in [3.05, 3.63) is 0 Å². The van der Waals surface area contributed by atoms with E-state index in [0.29, 0.717) is 5.25 Å². The average molecular weight is 198 g/mol. The number of hydrogen-bond donors (Lipinski definition) is 1. The van der Waals surface area contributed by atoms with Gasteiger partial charge < -0.3 is 5.32 Å². The Kier molecular flexibility index (Phi) is 3.14. The summed E-state index contributed by atoms with van der Waals surface area (Å²) in [5.74, 6) is 1.01. The Morgan fingerprint density at radius 3 is 2.92 bits per heavy atom. The standard InChI is InChI=1S/C10H18N2S/c1-8-7-12-10(13-8)11-6-5-9-3-2-4-9/h8-9H,2-7H2,1H3,(H,11,12). The van der Waals surface area contributed by atoms with Gasteiger partial charge in [-0.3, -0.25) is 4.99 Å². The van der Waals surface area contributed by atoms with E-state index in [1.165, 1.54) is 30.9 Å². The number of nitrogens with zero attached hydrogens (tertiary/aromatic N) is 1. The van der Waals surface area contributed by atoms with Crippen LogP contribution in [0.5, 0.6) is 0 Å². The molecule has 0 amide bonds. The third-order valence-corrected chi connectivity index (χ3v) is 3.91. The fraction of sp³-hybridized carbons (Fsp3) is 0.900. The normalized spacial score (nSPS) is 28.4. The monoisotopic (exact) mass is 198 g/mol. The van der Waals surface area contributed by atoms with E-state index in [2.05, 4.69) is 17.2 Å². The van der Waals surface area contributed by atoms with Gasteiger partial charge in [-0.2, -0.15) is 0 Å². The van der Waals surface area contributed by atoms with Gasteiger partial charge in [0.05, 0.1) is 6.54 Å². The molecule has 1 heterocycles. The van der Waals surface area contributed by atoms with Gasteiger partial charge in [0.1, 0.15) is 0 Å². The van der Waals surface area contributed by atoms with Gasteiger partial charge >= 0.3 is 0 Å². The minimum Gasteiger partial charge on any atom is -0.365 e. The number of nitrogens with one attached hydrogen (secondary N) is 1. The lowest BCUT2D eigenvalue weighted by molar-refractivity contribution is 0.297. The highest BCUT2D eigenvalue weighted by Gasteiger charge is 2.18. The zero-order chi connectivity index (χ0) is 9.10. The molecule has 74 valence electrons. The van der Waals surface area contributed by atoms with Crippen molar-refractivity contribution in [3.8, 4) is 0 Å². The fourth-order valence-electron chi connectivity index (χ4n) is 1.74. The highest BCUT2D eigenvalue weighted by molar-refractivity contribution is 8.14. The van der Waals surface area contributed by atoms with Crippen LogP contribution in [0.15, 0.2) is 4.99 Å². The zero-order valence-corrected chi connectivity index (χ0v) is 9.07. The zero-order valence-electron chi connectivity index (χ0n) is 8.25. The molecule has 1 aliphatic carbocycles. The van der Waals surface area contributed by atoms with Gasteiger partial charge in [-0.05, 0) is 12.3 Å². The van der Waals surface area contributed by atoms with Crippen molar-refractivity contribution in [3.63, 3.8) is 0 Å². The van der Waals surface area contributed by atoms with Crippen molar-refractivity contribution in [2.24, 2.45) is 10.9 Å². The van der Waals surface area contributed by atoms with E-state index in [0.717, 1.165) is 19.0 Å². The quantitative estimate of drug-likeness (QED) is 0.752. The van der Waals surface area contributed by atoms with Crippen LogP contribution in [0.2, 0.25) is 0 Å². The van der Waals surface area contributed by atoms with Gasteiger partial charge in [0.15, 0.2) is 5.17 Å². The Bertz CT molecular complexity index is 199. The number of aliphatic imine (C=N–C) groups is 1. The first-order valence-electron chi connectivity index (χ1n) is 5.29. The number of rotatable bonds is 3. The second-order valence-electron chi connectivity index (χ2n) is 4.09. The summed E-state index contributed by atoms with van der Waals surface area (Å²) in [5, 5.41) is 5.28. The summed E-state index contributed by atoms with van der Waals surface area (Å²) in [6.07, 6.45) is 5.71. The molecule has 0 aromatic carbocycles. The first-order chi connectivity index (χ1) is 6.34. The van der Waals surface area contributed by atoms with Crippen LogP contribution in [0, 0.1) is 5.92 Å². The van der Waals surface area contributed by atoms with Gasteiger partial charge in [-0.1, -0.05) is 37.9 Å². The van der Waals surface area contributed by atoms with Crippen molar-refractivity contribution < 1.29 is 0 Å². The van der Waals surface area contributed by atoms with Crippen molar-refractivity contribution in [2.45, 2.75) is 37.9 Å². The third kappa shape index (κ3) is 2.63. The molecule has 1 unspecified atom stereocenters. The van der Waals surface area contributed by atoms with Crippen LogP contribution in [0.4, 0.5) is 0 Å². The Labute approximate surface area is 84.6 Å². The van der Waals surface area contributed by atoms with Crippen LogP contribution in [0.25, 0.3) is 0 Å². The molecule has 2 aliphatic rings. The summed E-state index contributed by atoms with van der Waals surface area (Å²) < 4.78 is 0. The Hall–Kier alpha value is -0.180. The van der Waals surface area contributed by atoms with E-state index in [9.17, 15) is 0 Å². The van der Waals surface area contributed by atoms with E-state index in [-0.39, 0.29) is 0 Å². The summed E-state index contributed by atoms with van der Waals surface area (Å²) >= 11 is 1.88. The maximum absolute atomic E-state index is 4.43. The van der Waals surface area contributed by atoms with Crippen LogP contribution in [-0.2, 0) is 0 Å². The van der Waals surface area contributed by atoms with Crippen LogP contribution in [0.3, 0.4) is 0 Å². The summed E-state index contributed by atoms with van der Waals surface area (Å²) in [4.78, 5) is 4.43. The van der Waals surface area contributed by atoms with E-state index in [4.69, 9.17) is 0 Å². The van der Waals surface area contributed by atoms with Gasteiger partial charge in [-0.25, -0.2) is 0 Å². The molecule has 13 heavy (non-hydrogen) atoms. The van der Waals surface area contributed by atoms with E-state index >= 15 is 0 Å². The molecular weight excluding hydrogens is 180 g/mol. The lowest BCUT2D eigenvalue weighted by Crippen LogP contribution is -2.24. The Balaban J connectivity index is 1.57. The maximum atomic E-state index is 4.43. The van der Waals surface area contributed by atoms with Crippen LogP contribution in [-0.4, -0.2) is 23.5 Å². The molecule has 1 aliphatic heterocycles. The van der Waals surface area contributed by atoms with Crippen molar-refractivity contribution >= 4 is 16.9 Å². The second kappa shape index (κ2) is 4.36. The minimum absolute atomic E-state index is 0.686. The molecular formula is C10H18N2S. The Morgan fingerprint density at radius 1 is 1.54 bits per heavy atom. The summed E-state index contributed by atoms with van der Waals surface area (Å²) in [7, 11) is 0. The van der Waals surface area contributed by atoms with Gasteiger partial charge in [0.25, 0.3) is 0 Å². The number of thioether (sulfide) groups is 1. The van der Waals surface area contributed by atoms with E-state index < -0.39 is 0 Å². The number of amidine groups is 1. The molecule has 1 saturated carbocycles. The molecule has 2 nitrogen and oxygen atoms in total. The van der Waals surface area contributed by atoms with Crippen molar-refractivity contribution in [2.75, 3.05) is 13.1 Å². The molecule has 0 bridgehead atoms. The number of hydrogen-bond acceptors (Lipinski definition) is 3. The first-order valence-corrected chi connectivity index (χ1v) is 6.17. The summed E-state index contributed by atoms with van der Waals surface area (Å²) in [5.41, 5.74) is 0. The molecule has 0 aromatic heterocycles. The molecule has 1 N–H and O–H groups in total. The summed E-state index contributed by atoms with van der Waals surface area (Å²) in [6, 6.07) is 0. The fourth-order valence-corrected chi connectivity index (χ4v) is 2.60. The molecule has 0 spiro atoms. The highest BCUT2D eigenvalue weighted by Crippen LogP contribution is 2.29. The lowest BCUT2D eigenvalue weighted by Gasteiger charge is -2.25. The smallest absolute Gasteiger partial charge is 0.156 e. The predicted molar refractivity (Wildman–Crippen MR) is 59.3 cm³/mol. The molecule has 0 radical (unpaired) electrons. The topological polar surface area (TPSA) is 24.4 Å². The molecule has 1 atom stereocenters. The maximum Gasteiger partial charge on any atom is 0.156 e. The second-order valence-corrected chi connectivity index (χ2v) is 5.51. The van der Waals surface area contributed by atoms with Gasteiger partial charge in [-0.15, -0.1) is 0 Å². The van der Waals surface area contributed by atoms with Crippen LogP contribution >= 0.6 is 11.8 Å². The minimum atomic E-state index is 0.686. The van der Waals surface area contributed by atoms with Gasteiger partial charge in [0, 0.05) is 11.8 Å². The Morgan fingerprint density at radius 2 is 2.38 bits per heavy atom. The van der Waals surface area contributed by atoms with Crippen LogP contribution in [0.1, 0.15) is 32.6 Å². The lowest BCUT2D eigenvalue weighted by atomic mass is 9.83. The van der Waals surface area contributed by atoms with E-state index in [1.807, 2.05) is 11.8 Å². The van der Waals surface area contributed by atoms with Crippen LogP contribution < -0.4 is 5.32 Å². The predicted octanol–water partition coefficient (Wildman–Crippen LogP) is 2.26. The average Bonchev–Trinajstić information content (AvgIpc) is 2.42. The van der Waals surface area contributed by atoms with Gasteiger partial charge in [0.2, 0.25) is 0 Å². The largest absolute Gasteiger partial charge is 0.365 e. The SMILES string of the molecule is CC1CN=C(NCCC2CCC2)S1. The van der Waals surface area contributed by atoms with E-state index in [1.54, 1.807) is 0 Å². The van der Waals surface area contributed by atoms with Crippen molar-refractivity contribution in [1.82, 2.24) is 5.32 Å². The first kappa shape index (κ1) is 9.38. The molecule has 3 heteroatoms.